The van der Waals surface area contributed by atoms with Gasteiger partial charge >= 0.3 is 0 Å². The van der Waals surface area contributed by atoms with Gasteiger partial charge in [0.1, 0.15) is 11.6 Å². The minimum Gasteiger partial charge on any atom is -0.451 e. The van der Waals surface area contributed by atoms with E-state index >= 15 is 0 Å². The molecule has 0 unspecified atom stereocenters. The maximum Gasteiger partial charge on any atom is 0.198 e. The van der Waals surface area contributed by atoms with Gasteiger partial charge in [-0.25, -0.2) is 8.78 Å². The number of rotatable bonds is 4. The Morgan fingerprint density at radius 2 is 1.85 bits per heavy atom. The molecule has 0 saturated carbocycles. The standard InChI is InChI=1S/C14H12F2N2O2/c15-11-5-9(14(17)18)6-12(16)13(11)20-10-3-1-2-8(4-10)7-19/h1-6,19H,7H2,(H3,17,18). The van der Waals surface area contributed by atoms with Crippen molar-refractivity contribution in [3.8, 4) is 11.5 Å². The summed E-state index contributed by atoms with van der Waals surface area (Å²) in [6.45, 7) is -0.203. The highest BCUT2D eigenvalue weighted by atomic mass is 19.1. The average molecular weight is 278 g/mol. The Morgan fingerprint density at radius 1 is 1.20 bits per heavy atom. The first kappa shape index (κ1) is 14.0. The number of nitrogens with one attached hydrogen (secondary N) is 1. The van der Waals surface area contributed by atoms with E-state index < -0.39 is 23.2 Å². The minimum atomic E-state index is -0.954. The van der Waals surface area contributed by atoms with Gasteiger partial charge in [0.25, 0.3) is 0 Å². The molecule has 0 bridgehead atoms. The lowest BCUT2D eigenvalue weighted by atomic mass is 10.2. The molecule has 104 valence electrons. The molecule has 0 heterocycles. The first-order valence-electron chi connectivity index (χ1n) is 5.72. The molecule has 0 saturated heterocycles. The number of amidine groups is 1. The van der Waals surface area contributed by atoms with Crippen LogP contribution in [0.2, 0.25) is 0 Å². The van der Waals surface area contributed by atoms with Gasteiger partial charge in [0.05, 0.1) is 6.61 Å². The summed E-state index contributed by atoms with van der Waals surface area (Å²) >= 11 is 0. The van der Waals surface area contributed by atoms with Crippen LogP contribution in [0, 0.1) is 17.0 Å². The predicted molar refractivity (Wildman–Crippen MR) is 69.8 cm³/mol. The molecule has 4 nitrogen and oxygen atoms in total. The van der Waals surface area contributed by atoms with Crippen LogP contribution >= 0.6 is 0 Å². The van der Waals surface area contributed by atoms with E-state index in [0.717, 1.165) is 12.1 Å². The van der Waals surface area contributed by atoms with Gasteiger partial charge in [0.2, 0.25) is 0 Å². The molecule has 0 aliphatic rings. The smallest absolute Gasteiger partial charge is 0.198 e. The first-order chi connectivity index (χ1) is 9.51. The fourth-order valence-electron chi connectivity index (χ4n) is 1.64. The van der Waals surface area contributed by atoms with Crippen LogP contribution in [0.5, 0.6) is 11.5 Å². The highest BCUT2D eigenvalue weighted by Gasteiger charge is 2.15. The molecule has 6 heteroatoms. The summed E-state index contributed by atoms with van der Waals surface area (Å²) in [5.74, 6) is -2.72. The van der Waals surface area contributed by atoms with E-state index in [-0.39, 0.29) is 17.9 Å². The van der Waals surface area contributed by atoms with E-state index in [1.165, 1.54) is 12.1 Å². The normalized spacial score (nSPS) is 10.3. The molecule has 0 aliphatic carbocycles. The van der Waals surface area contributed by atoms with Crippen LogP contribution in [0.3, 0.4) is 0 Å². The first-order valence-corrected chi connectivity index (χ1v) is 5.72. The van der Waals surface area contributed by atoms with Gasteiger partial charge in [-0.05, 0) is 29.8 Å². The maximum atomic E-state index is 13.8. The Balaban J connectivity index is 2.36. The van der Waals surface area contributed by atoms with Gasteiger partial charge in [-0.3, -0.25) is 5.41 Å². The van der Waals surface area contributed by atoms with Gasteiger partial charge < -0.3 is 15.6 Å². The second-order valence-corrected chi connectivity index (χ2v) is 4.09. The minimum absolute atomic E-state index is 0.0588. The number of ether oxygens (including phenoxy) is 1. The number of aliphatic hydroxyl groups is 1. The Labute approximate surface area is 113 Å². The summed E-state index contributed by atoms with van der Waals surface area (Å²) in [7, 11) is 0. The molecule has 0 aliphatic heterocycles. The van der Waals surface area contributed by atoms with Gasteiger partial charge in [-0.15, -0.1) is 0 Å². The van der Waals surface area contributed by atoms with Crippen molar-refractivity contribution in [1.82, 2.24) is 0 Å². The van der Waals surface area contributed by atoms with E-state index in [2.05, 4.69) is 0 Å². The van der Waals surface area contributed by atoms with E-state index in [1.54, 1.807) is 12.1 Å². The molecule has 0 aromatic heterocycles. The Morgan fingerprint density at radius 3 is 2.40 bits per heavy atom. The number of nitrogen functional groups attached to an aromatic ring is 1. The van der Waals surface area contributed by atoms with Crippen LogP contribution in [0.1, 0.15) is 11.1 Å². The summed E-state index contributed by atoms with van der Waals surface area (Å²) in [6, 6.07) is 8.08. The van der Waals surface area contributed by atoms with Crippen molar-refractivity contribution in [3.63, 3.8) is 0 Å². The van der Waals surface area contributed by atoms with Gasteiger partial charge in [0, 0.05) is 5.56 Å². The molecule has 2 aromatic rings. The largest absolute Gasteiger partial charge is 0.451 e. The highest BCUT2D eigenvalue weighted by molar-refractivity contribution is 5.95. The van der Waals surface area contributed by atoms with Crippen LogP contribution in [0.4, 0.5) is 8.78 Å². The molecule has 0 radical (unpaired) electrons. The van der Waals surface area contributed by atoms with Gasteiger partial charge in [-0.1, -0.05) is 12.1 Å². The highest BCUT2D eigenvalue weighted by Crippen LogP contribution is 2.29. The van der Waals surface area contributed by atoms with Crippen molar-refractivity contribution in [2.45, 2.75) is 6.61 Å². The third kappa shape index (κ3) is 2.92. The van der Waals surface area contributed by atoms with Crippen LogP contribution < -0.4 is 10.5 Å². The van der Waals surface area contributed by atoms with Crippen molar-refractivity contribution >= 4 is 5.84 Å². The second-order valence-electron chi connectivity index (χ2n) is 4.09. The van der Waals surface area contributed by atoms with Crippen molar-refractivity contribution in [2.24, 2.45) is 5.73 Å². The number of hydrogen-bond acceptors (Lipinski definition) is 3. The lowest BCUT2D eigenvalue weighted by Gasteiger charge is -2.10. The Hall–Kier alpha value is -2.47. The molecule has 0 fully saturated rings. The number of aliphatic hydroxyl groups excluding tert-OH is 1. The molecule has 0 spiro atoms. The van der Waals surface area contributed by atoms with Gasteiger partial charge in [0.15, 0.2) is 17.4 Å². The van der Waals surface area contributed by atoms with E-state index in [0.29, 0.717) is 5.56 Å². The van der Waals surface area contributed by atoms with Crippen molar-refractivity contribution < 1.29 is 18.6 Å². The predicted octanol–water partition coefficient (Wildman–Crippen LogP) is 2.53. The van der Waals surface area contributed by atoms with Crippen LogP contribution in [0.15, 0.2) is 36.4 Å². The quantitative estimate of drug-likeness (QED) is 0.594. The lowest BCUT2D eigenvalue weighted by Crippen LogP contribution is -2.12. The monoisotopic (exact) mass is 278 g/mol. The molecular formula is C14H12F2N2O2. The number of halogens is 2. The van der Waals surface area contributed by atoms with Crippen LogP contribution in [-0.2, 0) is 6.61 Å². The number of benzene rings is 2. The van der Waals surface area contributed by atoms with Gasteiger partial charge in [-0.2, -0.15) is 0 Å². The zero-order valence-corrected chi connectivity index (χ0v) is 10.4. The topological polar surface area (TPSA) is 79.3 Å². The van der Waals surface area contributed by atoms with Crippen molar-refractivity contribution in [3.05, 3.63) is 59.2 Å². The van der Waals surface area contributed by atoms with Crippen molar-refractivity contribution in [2.75, 3.05) is 0 Å². The maximum absolute atomic E-state index is 13.8. The number of hydrogen-bond donors (Lipinski definition) is 3. The molecule has 0 amide bonds. The SMILES string of the molecule is N=C(N)c1cc(F)c(Oc2cccc(CO)c2)c(F)c1. The number of nitrogens with two attached hydrogens (primary N) is 1. The molecule has 4 N–H and O–H groups in total. The summed E-state index contributed by atoms with van der Waals surface area (Å²) in [5.41, 5.74) is 5.67. The molecule has 0 atom stereocenters. The summed E-state index contributed by atoms with van der Waals surface area (Å²) in [5, 5.41) is 16.1. The summed E-state index contributed by atoms with van der Waals surface area (Å²) in [4.78, 5) is 0. The fraction of sp³-hybridized carbons (Fsp3) is 0.0714. The van der Waals surface area contributed by atoms with Crippen LogP contribution in [-0.4, -0.2) is 10.9 Å². The lowest BCUT2D eigenvalue weighted by molar-refractivity contribution is 0.281. The second kappa shape index (κ2) is 5.66. The molecule has 2 rings (SSSR count). The molecule has 20 heavy (non-hydrogen) atoms. The van der Waals surface area contributed by atoms with E-state index in [1.807, 2.05) is 0 Å². The third-order valence-electron chi connectivity index (χ3n) is 2.61. The zero-order valence-electron chi connectivity index (χ0n) is 10.4. The Bertz CT molecular complexity index is 636. The van der Waals surface area contributed by atoms with Crippen LogP contribution in [0.25, 0.3) is 0 Å². The third-order valence-corrected chi connectivity index (χ3v) is 2.61. The molecule has 2 aromatic carbocycles. The summed E-state index contributed by atoms with van der Waals surface area (Å²) in [6.07, 6.45) is 0. The molecular weight excluding hydrogens is 266 g/mol. The van der Waals surface area contributed by atoms with E-state index in [4.69, 9.17) is 21.0 Å². The van der Waals surface area contributed by atoms with Crippen molar-refractivity contribution in [1.29, 1.82) is 5.41 Å². The fourth-order valence-corrected chi connectivity index (χ4v) is 1.64. The summed E-state index contributed by atoms with van der Waals surface area (Å²) < 4.78 is 32.7. The van der Waals surface area contributed by atoms with E-state index in [9.17, 15) is 8.78 Å². The Kier molecular flexibility index (Phi) is 3.95. The zero-order chi connectivity index (χ0) is 14.7. The average Bonchev–Trinajstić information content (AvgIpc) is 2.42.